The largest absolute Gasteiger partial charge is 0.493 e. The van der Waals surface area contributed by atoms with E-state index >= 15 is 0 Å². The lowest BCUT2D eigenvalue weighted by Gasteiger charge is -2.06. The summed E-state index contributed by atoms with van der Waals surface area (Å²) in [5.41, 5.74) is 0.655. The van der Waals surface area contributed by atoms with E-state index in [1.165, 1.54) is 12.1 Å². The molecule has 0 saturated heterocycles. The zero-order valence-corrected chi connectivity index (χ0v) is 8.36. The van der Waals surface area contributed by atoms with Crippen LogP contribution in [0.2, 0.25) is 0 Å². The van der Waals surface area contributed by atoms with Crippen LogP contribution in [0.5, 0.6) is 5.75 Å². The van der Waals surface area contributed by atoms with Gasteiger partial charge >= 0.3 is 0 Å². The second-order valence-corrected chi connectivity index (χ2v) is 3.09. The molecular weight excluding hydrogens is 210 g/mol. The van der Waals surface area contributed by atoms with E-state index in [0.717, 1.165) is 0 Å². The quantitative estimate of drug-likeness (QED) is 0.547. The molecule has 0 heterocycles. The maximum Gasteiger partial charge on any atom is 0.127 e. The van der Waals surface area contributed by atoms with Gasteiger partial charge in [0.1, 0.15) is 11.6 Å². The van der Waals surface area contributed by atoms with Crippen LogP contribution in [0.25, 0.3) is 0 Å². The molecule has 78 valence electrons. The van der Waals surface area contributed by atoms with Crippen LogP contribution in [0.3, 0.4) is 0 Å². The Kier molecular flexibility index (Phi) is 4.66. The summed E-state index contributed by atoms with van der Waals surface area (Å²) in [4.78, 5) is 0. The van der Waals surface area contributed by atoms with E-state index in [9.17, 15) is 8.78 Å². The summed E-state index contributed by atoms with van der Waals surface area (Å²) in [6.45, 7) is -0.181. The van der Waals surface area contributed by atoms with E-state index in [2.05, 4.69) is 0 Å². The molecule has 0 aromatic heterocycles. The number of halogens is 3. The highest BCUT2D eigenvalue weighted by molar-refractivity contribution is 6.17. The average molecular weight is 221 g/mol. The normalized spacial score (nSPS) is 10.2. The van der Waals surface area contributed by atoms with Crippen molar-refractivity contribution >= 4 is 11.6 Å². The molecule has 0 unspecified atom stereocenters. The molecule has 0 saturated carbocycles. The molecule has 1 aromatic carbocycles. The molecule has 0 radical (unpaired) electrons. The van der Waals surface area contributed by atoms with Crippen molar-refractivity contribution < 1.29 is 13.5 Å². The molecule has 1 aromatic rings. The molecular formula is C10H11ClF2O. The highest BCUT2D eigenvalue weighted by Crippen LogP contribution is 2.17. The fraction of sp³-hybridized carbons (Fsp3) is 0.400. The predicted octanol–water partition coefficient (Wildman–Crippen LogP) is 3.30. The number of rotatable bonds is 5. The first-order valence-electron chi connectivity index (χ1n) is 4.30. The Morgan fingerprint density at radius 3 is 2.71 bits per heavy atom. The fourth-order valence-electron chi connectivity index (χ4n) is 1.03. The van der Waals surface area contributed by atoms with Gasteiger partial charge in [-0.3, -0.25) is 4.39 Å². The van der Waals surface area contributed by atoms with Crippen molar-refractivity contribution in [3.05, 3.63) is 29.6 Å². The summed E-state index contributed by atoms with van der Waals surface area (Å²) in [6, 6.07) is 4.25. The van der Waals surface area contributed by atoms with Gasteiger partial charge < -0.3 is 4.74 Å². The van der Waals surface area contributed by atoms with Crippen molar-refractivity contribution in [1.29, 1.82) is 0 Å². The summed E-state index contributed by atoms with van der Waals surface area (Å²) in [7, 11) is 0. The van der Waals surface area contributed by atoms with Gasteiger partial charge in [-0.2, -0.15) is 0 Å². The molecule has 1 rings (SSSR count). The van der Waals surface area contributed by atoms with Gasteiger partial charge in [-0.25, -0.2) is 4.39 Å². The van der Waals surface area contributed by atoms with Gasteiger partial charge in [-0.05, 0) is 17.7 Å². The average Bonchev–Trinajstić information content (AvgIpc) is 2.17. The number of ether oxygens (including phenoxy) is 1. The SMILES string of the molecule is FCCCOc1cc(F)cc(CCl)c1. The second-order valence-electron chi connectivity index (χ2n) is 2.82. The standard InChI is InChI=1S/C10H11ClF2O/c11-7-8-4-9(13)6-10(5-8)14-3-1-2-12/h4-6H,1-3,7H2. The minimum Gasteiger partial charge on any atom is -0.493 e. The summed E-state index contributed by atoms with van der Waals surface area (Å²) < 4.78 is 29.8. The number of benzene rings is 1. The van der Waals surface area contributed by atoms with Crippen molar-refractivity contribution in [3.8, 4) is 5.75 Å². The summed E-state index contributed by atoms with van der Waals surface area (Å²) in [5, 5.41) is 0. The van der Waals surface area contributed by atoms with Gasteiger partial charge in [0.2, 0.25) is 0 Å². The van der Waals surface area contributed by atoms with Crippen molar-refractivity contribution in [3.63, 3.8) is 0 Å². The Balaban J connectivity index is 2.62. The van der Waals surface area contributed by atoms with Crippen LogP contribution >= 0.6 is 11.6 Å². The Hall–Kier alpha value is -0.830. The van der Waals surface area contributed by atoms with Gasteiger partial charge in [0, 0.05) is 18.4 Å². The van der Waals surface area contributed by atoms with Crippen LogP contribution in [0.1, 0.15) is 12.0 Å². The Morgan fingerprint density at radius 1 is 1.29 bits per heavy atom. The zero-order valence-electron chi connectivity index (χ0n) is 7.60. The third kappa shape index (κ3) is 3.50. The van der Waals surface area contributed by atoms with Crippen molar-refractivity contribution in [2.75, 3.05) is 13.3 Å². The third-order valence-electron chi connectivity index (χ3n) is 1.63. The molecule has 4 heteroatoms. The first-order valence-corrected chi connectivity index (χ1v) is 4.84. The van der Waals surface area contributed by atoms with Crippen LogP contribution in [-0.4, -0.2) is 13.3 Å². The summed E-state index contributed by atoms with van der Waals surface area (Å²) >= 11 is 5.55. The Bertz CT molecular complexity index is 291. The Labute approximate surface area is 86.6 Å². The maximum atomic E-state index is 12.9. The highest BCUT2D eigenvalue weighted by atomic mass is 35.5. The zero-order chi connectivity index (χ0) is 10.4. The van der Waals surface area contributed by atoms with Crippen molar-refractivity contribution in [2.45, 2.75) is 12.3 Å². The molecule has 14 heavy (non-hydrogen) atoms. The van der Waals surface area contributed by atoms with E-state index in [0.29, 0.717) is 17.7 Å². The van der Waals surface area contributed by atoms with E-state index in [-0.39, 0.29) is 12.5 Å². The monoisotopic (exact) mass is 220 g/mol. The minimum atomic E-state index is -0.433. The van der Waals surface area contributed by atoms with Crippen molar-refractivity contribution in [1.82, 2.24) is 0 Å². The number of hydrogen-bond donors (Lipinski definition) is 0. The van der Waals surface area contributed by atoms with Gasteiger partial charge in [-0.1, -0.05) is 0 Å². The topological polar surface area (TPSA) is 9.23 Å². The molecule has 0 aliphatic heterocycles. The summed E-state index contributed by atoms with van der Waals surface area (Å²) in [6.07, 6.45) is 0.312. The van der Waals surface area contributed by atoms with Crippen molar-refractivity contribution in [2.24, 2.45) is 0 Å². The van der Waals surface area contributed by atoms with Gasteiger partial charge in [0.25, 0.3) is 0 Å². The van der Waals surface area contributed by atoms with Crippen LogP contribution in [0.4, 0.5) is 8.78 Å². The molecule has 0 aliphatic carbocycles. The molecule has 0 bridgehead atoms. The molecule has 0 amide bonds. The summed E-state index contributed by atoms with van der Waals surface area (Å²) in [5.74, 6) is 0.240. The lowest BCUT2D eigenvalue weighted by atomic mass is 10.2. The first-order chi connectivity index (χ1) is 6.76. The molecule has 0 N–H and O–H groups in total. The number of alkyl halides is 2. The lowest BCUT2D eigenvalue weighted by Crippen LogP contribution is -1.99. The van der Waals surface area contributed by atoms with E-state index < -0.39 is 12.5 Å². The molecule has 0 aliphatic rings. The smallest absolute Gasteiger partial charge is 0.127 e. The predicted molar refractivity (Wildman–Crippen MR) is 52.0 cm³/mol. The van der Waals surface area contributed by atoms with Crippen LogP contribution in [0.15, 0.2) is 18.2 Å². The lowest BCUT2D eigenvalue weighted by molar-refractivity contribution is 0.288. The first kappa shape index (κ1) is 11.2. The minimum absolute atomic E-state index is 0.233. The van der Waals surface area contributed by atoms with Gasteiger partial charge in [0.15, 0.2) is 0 Å². The van der Waals surface area contributed by atoms with Gasteiger partial charge in [-0.15, -0.1) is 11.6 Å². The van der Waals surface area contributed by atoms with E-state index in [4.69, 9.17) is 16.3 Å². The molecule has 1 nitrogen and oxygen atoms in total. The third-order valence-corrected chi connectivity index (χ3v) is 1.94. The molecule has 0 atom stereocenters. The van der Waals surface area contributed by atoms with Crippen LogP contribution in [-0.2, 0) is 5.88 Å². The maximum absolute atomic E-state index is 12.9. The van der Waals surface area contributed by atoms with Gasteiger partial charge in [0.05, 0.1) is 13.3 Å². The van der Waals surface area contributed by atoms with E-state index in [1.54, 1.807) is 6.07 Å². The molecule has 0 spiro atoms. The van der Waals surface area contributed by atoms with Crippen LogP contribution < -0.4 is 4.74 Å². The Morgan fingerprint density at radius 2 is 2.07 bits per heavy atom. The fourth-order valence-corrected chi connectivity index (χ4v) is 1.18. The molecule has 0 fully saturated rings. The highest BCUT2D eigenvalue weighted by Gasteiger charge is 2.00. The van der Waals surface area contributed by atoms with Crippen LogP contribution in [0, 0.1) is 5.82 Å². The van der Waals surface area contributed by atoms with E-state index in [1.807, 2.05) is 0 Å². The second kappa shape index (κ2) is 5.81. The number of hydrogen-bond acceptors (Lipinski definition) is 1.